The van der Waals surface area contributed by atoms with Crippen LogP contribution >= 0.6 is 12.4 Å². The van der Waals surface area contributed by atoms with E-state index in [-0.39, 0.29) is 24.9 Å². The molecule has 3 N–H and O–H groups in total. The van der Waals surface area contributed by atoms with E-state index in [1.54, 1.807) is 0 Å². The first-order valence-corrected chi connectivity index (χ1v) is 6.83. The monoisotopic (exact) mass is 300 g/mol. The van der Waals surface area contributed by atoms with E-state index in [1.165, 1.54) is 5.56 Å². The van der Waals surface area contributed by atoms with E-state index in [9.17, 15) is 4.79 Å². The third-order valence-electron chi connectivity index (χ3n) is 2.85. The van der Waals surface area contributed by atoms with Crippen molar-refractivity contribution in [1.82, 2.24) is 5.32 Å². The molecule has 0 saturated carbocycles. The minimum Gasteiger partial charge on any atom is -0.484 e. The molecule has 0 aliphatic rings. The molecule has 114 valence electrons. The first kappa shape index (κ1) is 18.7. The molecule has 1 aromatic rings. The first-order chi connectivity index (χ1) is 9.13. The fourth-order valence-electron chi connectivity index (χ4n) is 1.66. The van der Waals surface area contributed by atoms with Crippen LogP contribution in [0, 0.1) is 0 Å². The molecule has 5 heteroatoms. The van der Waals surface area contributed by atoms with Gasteiger partial charge in [-0.1, -0.05) is 26.0 Å². The molecule has 0 aliphatic carbocycles. The Morgan fingerprint density at radius 2 is 2.10 bits per heavy atom. The van der Waals surface area contributed by atoms with Crippen LogP contribution in [0.1, 0.15) is 38.2 Å². The number of halogens is 1. The first-order valence-electron chi connectivity index (χ1n) is 6.83. The van der Waals surface area contributed by atoms with Gasteiger partial charge in [-0.25, -0.2) is 0 Å². The Hall–Kier alpha value is -1.26. The zero-order valence-corrected chi connectivity index (χ0v) is 13.0. The number of unbranched alkanes of at least 4 members (excludes halogenated alkanes) is 1. The molecule has 0 aliphatic heterocycles. The number of carbonyl (C=O) groups is 1. The summed E-state index contributed by atoms with van der Waals surface area (Å²) >= 11 is 0. The molecule has 0 unspecified atom stereocenters. The Morgan fingerprint density at radius 3 is 2.75 bits per heavy atom. The van der Waals surface area contributed by atoms with Crippen molar-refractivity contribution in [3.05, 3.63) is 29.8 Å². The van der Waals surface area contributed by atoms with Gasteiger partial charge in [0.2, 0.25) is 0 Å². The summed E-state index contributed by atoms with van der Waals surface area (Å²) in [5.74, 6) is 1.10. The SMILES string of the molecule is CC(C)c1cccc(OCC(=O)NCCCCN)c1.Cl. The van der Waals surface area contributed by atoms with Crippen molar-refractivity contribution in [3.8, 4) is 5.75 Å². The summed E-state index contributed by atoms with van der Waals surface area (Å²) in [7, 11) is 0. The standard InChI is InChI=1S/C15H24N2O2.ClH/c1-12(2)13-6-5-7-14(10-13)19-11-15(18)17-9-4-3-8-16;/h5-7,10,12H,3-4,8-9,11,16H2,1-2H3,(H,17,18);1H. The fraction of sp³-hybridized carbons (Fsp3) is 0.533. The summed E-state index contributed by atoms with van der Waals surface area (Å²) in [6.45, 7) is 5.64. The molecule has 0 atom stereocenters. The van der Waals surface area contributed by atoms with E-state index >= 15 is 0 Å². The molecule has 0 spiro atoms. The molecule has 0 aromatic heterocycles. The maximum absolute atomic E-state index is 11.5. The van der Waals surface area contributed by atoms with E-state index in [1.807, 2.05) is 18.2 Å². The minimum absolute atomic E-state index is 0. The summed E-state index contributed by atoms with van der Waals surface area (Å²) in [6, 6.07) is 7.86. The Morgan fingerprint density at radius 1 is 1.35 bits per heavy atom. The van der Waals surface area contributed by atoms with Gasteiger partial charge in [0.05, 0.1) is 0 Å². The summed E-state index contributed by atoms with van der Waals surface area (Å²) in [5.41, 5.74) is 6.59. The van der Waals surface area contributed by atoms with Gasteiger partial charge in [-0.15, -0.1) is 12.4 Å². The predicted octanol–water partition coefficient (Wildman–Crippen LogP) is 2.47. The normalized spacial score (nSPS) is 10.0. The topological polar surface area (TPSA) is 64.3 Å². The summed E-state index contributed by atoms with van der Waals surface area (Å²) in [6.07, 6.45) is 1.84. The van der Waals surface area contributed by atoms with Gasteiger partial charge in [0.15, 0.2) is 6.61 Å². The molecular formula is C15H25ClN2O2. The molecule has 4 nitrogen and oxygen atoms in total. The van der Waals surface area contributed by atoms with Crippen molar-refractivity contribution in [2.24, 2.45) is 5.73 Å². The number of benzene rings is 1. The number of amides is 1. The summed E-state index contributed by atoms with van der Waals surface area (Å²) < 4.78 is 5.48. The van der Waals surface area contributed by atoms with Crippen LogP contribution in [0.2, 0.25) is 0 Å². The highest BCUT2D eigenvalue weighted by Crippen LogP contribution is 2.19. The van der Waals surface area contributed by atoms with E-state index in [0.29, 0.717) is 19.0 Å². The summed E-state index contributed by atoms with van der Waals surface area (Å²) in [4.78, 5) is 11.5. The Bertz CT molecular complexity index is 397. The van der Waals surface area contributed by atoms with Crippen molar-refractivity contribution in [2.45, 2.75) is 32.6 Å². The molecule has 1 amide bonds. The second-order valence-corrected chi connectivity index (χ2v) is 4.86. The molecular weight excluding hydrogens is 276 g/mol. The van der Waals surface area contributed by atoms with Gasteiger partial charge >= 0.3 is 0 Å². The van der Waals surface area contributed by atoms with E-state index < -0.39 is 0 Å². The number of rotatable bonds is 8. The van der Waals surface area contributed by atoms with Gasteiger partial charge in [-0.2, -0.15) is 0 Å². The summed E-state index contributed by atoms with van der Waals surface area (Å²) in [5, 5.41) is 2.81. The van der Waals surface area contributed by atoms with E-state index in [0.717, 1.165) is 18.6 Å². The second kappa shape index (κ2) is 10.5. The maximum atomic E-state index is 11.5. The van der Waals surface area contributed by atoms with Gasteiger partial charge in [0.25, 0.3) is 5.91 Å². The van der Waals surface area contributed by atoms with E-state index in [4.69, 9.17) is 10.5 Å². The van der Waals surface area contributed by atoms with Crippen LogP contribution < -0.4 is 15.8 Å². The highest BCUT2D eigenvalue weighted by atomic mass is 35.5. The molecule has 0 fully saturated rings. The highest BCUT2D eigenvalue weighted by molar-refractivity contribution is 5.85. The quantitative estimate of drug-likeness (QED) is 0.725. The molecule has 1 rings (SSSR count). The number of nitrogens with one attached hydrogen (secondary N) is 1. The van der Waals surface area contributed by atoms with Crippen LogP contribution in [-0.2, 0) is 4.79 Å². The Labute approximate surface area is 127 Å². The van der Waals surface area contributed by atoms with Crippen molar-refractivity contribution < 1.29 is 9.53 Å². The second-order valence-electron chi connectivity index (χ2n) is 4.86. The van der Waals surface area contributed by atoms with E-state index in [2.05, 4.69) is 25.2 Å². The number of ether oxygens (including phenoxy) is 1. The number of nitrogens with two attached hydrogens (primary N) is 1. The van der Waals surface area contributed by atoms with Crippen LogP contribution in [0.5, 0.6) is 5.75 Å². The van der Waals surface area contributed by atoms with Gasteiger partial charge in [-0.3, -0.25) is 4.79 Å². The van der Waals surface area contributed by atoms with Crippen LogP contribution in [0.25, 0.3) is 0 Å². The lowest BCUT2D eigenvalue weighted by molar-refractivity contribution is -0.123. The van der Waals surface area contributed by atoms with Crippen LogP contribution in [0.15, 0.2) is 24.3 Å². The smallest absolute Gasteiger partial charge is 0.257 e. The van der Waals surface area contributed by atoms with Crippen molar-refractivity contribution in [2.75, 3.05) is 19.7 Å². The number of carbonyl (C=O) groups excluding carboxylic acids is 1. The highest BCUT2D eigenvalue weighted by Gasteiger charge is 2.04. The zero-order valence-electron chi connectivity index (χ0n) is 12.2. The predicted molar refractivity (Wildman–Crippen MR) is 84.6 cm³/mol. The van der Waals surface area contributed by atoms with Gasteiger partial charge < -0.3 is 15.8 Å². The van der Waals surface area contributed by atoms with Gasteiger partial charge in [0.1, 0.15) is 5.75 Å². The number of hydrogen-bond donors (Lipinski definition) is 2. The molecule has 20 heavy (non-hydrogen) atoms. The Balaban J connectivity index is 0.00000361. The Kier molecular flexibility index (Phi) is 9.86. The lowest BCUT2D eigenvalue weighted by Gasteiger charge is -2.10. The average molecular weight is 301 g/mol. The van der Waals surface area contributed by atoms with Crippen LogP contribution in [0.3, 0.4) is 0 Å². The number of hydrogen-bond acceptors (Lipinski definition) is 3. The zero-order chi connectivity index (χ0) is 14.1. The third-order valence-corrected chi connectivity index (χ3v) is 2.85. The molecule has 0 bridgehead atoms. The molecule has 0 saturated heterocycles. The molecule has 1 aromatic carbocycles. The van der Waals surface area contributed by atoms with Gasteiger partial charge in [0, 0.05) is 6.54 Å². The molecule has 0 heterocycles. The van der Waals surface area contributed by atoms with Crippen LogP contribution in [0.4, 0.5) is 0 Å². The van der Waals surface area contributed by atoms with Crippen molar-refractivity contribution in [3.63, 3.8) is 0 Å². The van der Waals surface area contributed by atoms with Crippen molar-refractivity contribution in [1.29, 1.82) is 0 Å². The lowest BCUT2D eigenvalue weighted by atomic mass is 10.0. The average Bonchev–Trinajstić information content (AvgIpc) is 2.41. The van der Waals surface area contributed by atoms with Gasteiger partial charge in [-0.05, 0) is 43.0 Å². The third kappa shape index (κ3) is 7.36. The maximum Gasteiger partial charge on any atom is 0.257 e. The van der Waals surface area contributed by atoms with Crippen molar-refractivity contribution >= 4 is 18.3 Å². The largest absolute Gasteiger partial charge is 0.484 e. The lowest BCUT2D eigenvalue weighted by Crippen LogP contribution is -2.29. The molecule has 0 radical (unpaired) electrons. The minimum atomic E-state index is -0.0908. The van der Waals surface area contributed by atoms with Crippen LogP contribution in [-0.4, -0.2) is 25.6 Å². The fourth-order valence-corrected chi connectivity index (χ4v) is 1.66.